The number of anilines is 1. The first-order valence-corrected chi connectivity index (χ1v) is 10.7. The van der Waals surface area contributed by atoms with E-state index in [1.807, 2.05) is 37.3 Å². The van der Waals surface area contributed by atoms with Crippen molar-refractivity contribution in [1.29, 1.82) is 0 Å². The first-order valence-electron chi connectivity index (χ1n) is 10.4. The number of fused-ring (bicyclic) bond motifs is 1. The zero-order valence-corrected chi connectivity index (χ0v) is 18.1. The van der Waals surface area contributed by atoms with Crippen LogP contribution < -0.4 is 16.0 Å². The molecule has 2 aromatic carbocycles. The standard InChI is InChI=1S/C23H25ClN4O3/c1-15-5-4-7-18(24)17(15)13-25-20(29)14-28-12-11-23(10-9-21(28)30)26-19-8-3-2-6-16(19)22(31)27-23/h2-8,26H,9-14H2,1H3,(H,25,29)(H,27,31). The molecule has 1 fully saturated rings. The minimum Gasteiger partial charge on any atom is -0.362 e. The molecule has 0 bridgehead atoms. The number of nitrogens with one attached hydrogen (secondary N) is 3. The van der Waals surface area contributed by atoms with Crippen LogP contribution >= 0.6 is 11.6 Å². The van der Waals surface area contributed by atoms with Crippen LogP contribution in [0.3, 0.4) is 0 Å². The second kappa shape index (κ2) is 8.59. The predicted molar refractivity (Wildman–Crippen MR) is 119 cm³/mol. The summed E-state index contributed by atoms with van der Waals surface area (Å²) in [5.41, 5.74) is 2.53. The Morgan fingerprint density at radius 1 is 1.13 bits per heavy atom. The topological polar surface area (TPSA) is 90.5 Å². The van der Waals surface area contributed by atoms with Crippen molar-refractivity contribution < 1.29 is 14.4 Å². The number of nitrogens with zero attached hydrogens (tertiary/aromatic N) is 1. The maximum Gasteiger partial charge on any atom is 0.255 e. The van der Waals surface area contributed by atoms with Crippen LogP contribution in [-0.4, -0.2) is 41.4 Å². The number of likely N-dealkylation sites (tertiary alicyclic amines) is 1. The zero-order valence-electron chi connectivity index (χ0n) is 17.3. The van der Waals surface area contributed by atoms with Gasteiger partial charge in [-0.15, -0.1) is 0 Å². The van der Waals surface area contributed by atoms with E-state index in [0.29, 0.717) is 36.5 Å². The van der Waals surface area contributed by atoms with E-state index in [1.165, 1.54) is 0 Å². The van der Waals surface area contributed by atoms with Gasteiger partial charge >= 0.3 is 0 Å². The molecule has 0 saturated carbocycles. The van der Waals surface area contributed by atoms with Gasteiger partial charge in [0.2, 0.25) is 11.8 Å². The summed E-state index contributed by atoms with van der Waals surface area (Å²) in [5, 5.41) is 9.91. The number of hydrogen-bond donors (Lipinski definition) is 3. The van der Waals surface area contributed by atoms with Crippen LogP contribution in [0.25, 0.3) is 0 Å². The number of benzene rings is 2. The van der Waals surface area contributed by atoms with Crippen molar-refractivity contribution in [2.24, 2.45) is 0 Å². The van der Waals surface area contributed by atoms with Gasteiger partial charge in [-0.05, 0) is 42.7 Å². The summed E-state index contributed by atoms with van der Waals surface area (Å²) in [6.07, 6.45) is 1.21. The Morgan fingerprint density at radius 3 is 2.74 bits per heavy atom. The Kier molecular flexibility index (Phi) is 5.87. The number of carbonyl (C=O) groups is 3. The Bertz CT molecular complexity index is 1020. The molecular weight excluding hydrogens is 416 g/mol. The molecule has 3 N–H and O–H groups in total. The van der Waals surface area contributed by atoms with Crippen LogP contribution in [0.5, 0.6) is 0 Å². The van der Waals surface area contributed by atoms with Gasteiger partial charge in [0.15, 0.2) is 0 Å². The van der Waals surface area contributed by atoms with Crippen molar-refractivity contribution in [2.75, 3.05) is 18.4 Å². The average Bonchev–Trinajstić information content (AvgIpc) is 2.88. The monoisotopic (exact) mass is 440 g/mol. The molecule has 0 aromatic heterocycles. The molecule has 7 nitrogen and oxygen atoms in total. The van der Waals surface area contributed by atoms with Crippen LogP contribution in [0.15, 0.2) is 42.5 Å². The third-order valence-electron chi connectivity index (χ3n) is 5.98. The molecule has 0 aliphatic carbocycles. The Labute approximate surface area is 186 Å². The lowest BCUT2D eigenvalue weighted by Gasteiger charge is -2.39. The van der Waals surface area contributed by atoms with Crippen molar-refractivity contribution in [3.8, 4) is 0 Å². The van der Waals surface area contributed by atoms with E-state index in [4.69, 9.17) is 11.6 Å². The van der Waals surface area contributed by atoms with Gasteiger partial charge in [-0.3, -0.25) is 14.4 Å². The number of rotatable bonds is 4. The third kappa shape index (κ3) is 4.51. The fourth-order valence-electron chi connectivity index (χ4n) is 4.14. The van der Waals surface area contributed by atoms with Gasteiger partial charge in [-0.25, -0.2) is 0 Å². The smallest absolute Gasteiger partial charge is 0.255 e. The van der Waals surface area contributed by atoms with E-state index < -0.39 is 5.66 Å². The molecular formula is C23H25ClN4O3. The molecule has 3 amide bonds. The maximum absolute atomic E-state index is 12.7. The fraction of sp³-hybridized carbons (Fsp3) is 0.348. The van der Waals surface area contributed by atoms with Crippen molar-refractivity contribution in [2.45, 2.75) is 38.4 Å². The van der Waals surface area contributed by atoms with E-state index in [2.05, 4.69) is 16.0 Å². The molecule has 4 rings (SSSR count). The van der Waals surface area contributed by atoms with E-state index in [9.17, 15) is 14.4 Å². The molecule has 162 valence electrons. The highest BCUT2D eigenvalue weighted by Gasteiger charge is 2.40. The highest BCUT2D eigenvalue weighted by Crippen LogP contribution is 2.31. The molecule has 1 atom stereocenters. The third-order valence-corrected chi connectivity index (χ3v) is 6.33. The van der Waals surface area contributed by atoms with E-state index >= 15 is 0 Å². The summed E-state index contributed by atoms with van der Waals surface area (Å²) in [6.45, 7) is 2.59. The maximum atomic E-state index is 12.7. The molecule has 8 heteroatoms. The lowest BCUT2D eigenvalue weighted by atomic mass is 9.95. The Hall–Kier alpha value is -3.06. The molecule has 2 heterocycles. The van der Waals surface area contributed by atoms with Gasteiger partial charge in [-0.1, -0.05) is 35.9 Å². The highest BCUT2D eigenvalue weighted by molar-refractivity contribution is 6.31. The highest BCUT2D eigenvalue weighted by atomic mass is 35.5. The first kappa shape index (κ1) is 21.2. The molecule has 0 radical (unpaired) electrons. The molecule has 31 heavy (non-hydrogen) atoms. The summed E-state index contributed by atoms with van der Waals surface area (Å²) in [6, 6.07) is 12.9. The summed E-state index contributed by atoms with van der Waals surface area (Å²) in [4.78, 5) is 39.3. The second-order valence-corrected chi connectivity index (χ2v) is 8.49. The summed E-state index contributed by atoms with van der Waals surface area (Å²) < 4.78 is 0. The molecule has 2 aromatic rings. The summed E-state index contributed by atoms with van der Waals surface area (Å²) >= 11 is 6.22. The predicted octanol–water partition coefficient (Wildman–Crippen LogP) is 2.83. The van der Waals surface area contributed by atoms with Crippen LogP contribution in [0.2, 0.25) is 5.02 Å². The number of halogens is 1. The van der Waals surface area contributed by atoms with Crippen LogP contribution in [0.1, 0.15) is 40.7 Å². The fourth-order valence-corrected chi connectivity index (χ4v) is 4.43. The first-order chi connectivity index (χ1) is 14.9. The normalized spacial score (nSPS) is 20.5. The van der Waals surface area contributed by atoms with Crippen LogP contribution in [-0.2, 0) is 16.1 Å². The quantitative estimate of drug-likeness (QED) is 0.681. The number of carbonyl (C=O) groups excluding carboxylic acids is 3. The number of amides is 3. The minimum absolute atomic E-state index is 0.0249. The molecule has 2 aliphatic rings. The Balaban J connectivity index is 1.38. The molecule has 1 spiro atoms. The van der Waals surface area contributed by atoms with Crippen LogP contribution in [0, 0.1) is 6.92 Å². The van der Waals surface area contributed by atoms with Gasteiger partial charge in [0.1, 0.15) is 5.66 Å². The summed E-state index contributed by atoms with van der Waals surface area (Å²) in [7, 11) is 0. The molecule has 1 saturated heterocycles. The zero-order chi connectivity index (χ0) is 22.0. The van der Waals surface area contributed by atoms with Crippen molar-refractivity contribution >= 4 is 35.0 Å². The van der Waals surface area contributed by atoms with Gasteiger partial charge in [0.05, 0.1) is 12.1 Å². The van der Waals surface area contributed by atoms with Crippen LogP contribution in [0.4, 0.5) is 5.69 Å². The van der Waals surface area contributed by atoms with Gasteiger partial charge < -0.3 is 20.9 Å². The average molecular weight is 441 g/mol. The van der Waals surface area contributed by atoms with Gasteiger partial charge in [0, 0.05) is 36.6 Å². The number of aryl methyl sites for hydroxylation is 1. The van der Waals surface area contributed by atoms with Gasteiger partial charge in [-0.2, -0.15) is 0 Å². The van der Waals surface area contributed by atoms with E-state index in [1.54, 1.807) is 17.0 Å². The number of hydrogen-bond acceptors (Lipinski definition) is 4. The number of para-hydroxylation sites is 1. The second-order valence-electron chi connectivity index (χ2n) is 8.08. The minimum atomic E-state index is -0.693. The molecule has 1 unspecified atom stereocenters. The van der Waals surface area contributed by atoms with E-state index in [-0.39, 0.29) is 30.7 Å². The van der Waals surface area contributed by atoms with Crippen molar-refractivity contribution in [1.82, 2.24) is 15.5 Å². The van der Waals surface area contributed by atoms with E-state index in [0.717, 1.165) is 16.8 Å². The lowest BCUT2D eigenvalue weighted by Crippen LogP contribution is -2.58. The molecule has 2 aliphatic heterocycles. The van der Waals surface area contributed by atoms with Gasteiger partial charge in [0.25, 0.3) is 5.91 Å². The SMILES string of the molecule is Cc1cccc(Cl)c1CNC(=O)CN1CCC2(CCC1=O)NC(=O)c1ccccc1N2. The largest absolute Gasteiger partial charge is 0.362 e. The lowest BCUT2D eigenvalue weighted by molar-refractivity contribution is -0.135. The van der Waals surface area contributed by atoms with Crippen molar-refractivity contribution in [3.05, 3.63) is 64.2 Å². The Morgan fingerprint density at radius 2 is 1.94 bits per heavy atom. The van der Waals surface area contributed by atoms with Crippen molar-refractivity contribution in [3.63, 3.8) is 0 Å². The summed E-state index contributed by atoms with van der Waals surface area (Å²) in [5.74, 6) is -0.492.